The van der Waals surface area contributed by atoms with Crippen LogP contribution in [0.15, 0.2) is 47.6 Å². The molecule has 1 N–H and O–H groups in total. The van der Waals surface area contributed by atoms with E-state index < -0.39 is 6.10 Å². The first-order chi connectivity index (χ1) is 11.8. The maximum absolute atomic E-state index is 12.2. The van der Waals surface area contributed by atoms with Crippen LogP contribution >= 0.6 is 0 Å². The van der Waals surface area contributed by atoms with Crippen LogP contribution in [-0.4, -0.2) is 22.8 Å². The Kier molecular flexibility index (Phi) is 12.6. The van der Waals surface area contributed by atoms with Crippen molar-refractivity contribution in [3.8, 4) is 0 Å². The maximum Gasteiger partial charge on any atom is 0.138 e. The molecule has 2 atom stereocenters. The molecule has 0 saturated heterocycles. The third kappa shape index (κ3) is 12.3. The fourth-order valence-electron chi connectivity index (χ4n) is 2.08. The number of hydrogen-bond donors (Lipinski definition) is 1. The lowest BCUT2D eigenvalue weighted by Crippen LogP contribution is -2.20. The molecule has 0 aliphatic rings. The minimum atomic E-state index is -0.790. The molecular formula is C22H34O3. The largest absolute Gasteiger partial charge is 0.388 e. The molecule has 0 aromatic rings. The lowest BCUT2D eigenvalue weighted by molar-refractivity contribution is -0.124. The smallest absolute Gasteiger partial charge is 0.138 e. The predicted molar refractivity (Wildman–Crippen MR) is 105 cm³/mol. The van der Waals surface area contributed by atoms with E-state index in [0.717, 1.165) is 19.3 Å². The number of allylic oxidation sites excluding steroid dienone is 7. The van der Waals surface area contributed by atoms with E-state index in [4.69, 9.17) is 0 Å². The van der Waals surface area contributed by atoms with Gasteiger partial charge in [0.05, 0.1) is 6.10 Å². The molecule has 2 unspecified atom stereocenters. The maximum atomic E-state index is 12.2. The van der Waals surface area contributed by atoms with Crippen molar-refractivity contribution in [2.24, 2.45) is 5.92 Å². The molecule has 0 bridgehead atoms. The van der Waals surface area contributed by atoms with Crippen LogP contribution in [0.25, 0.3) is 0 Å². The van der Waals surface area contributed by atoms with Gasteiger partial charge in [-0.25, -0.2) is 0 Å². The standard InChI is InChI=1S/C22H34O3/c1-6-17(2)12-10-8-7-9-11-13-18(3)21(24)16-22(25)19(4)14-15-20(5)23/h7-10,12,14,18,22,25H,6,11,13,15-16H2,1-5H3/b9-7+,10-8+,17-12+,19-14+. The zero-order valence-electron chi connectivity index (χ0n) is 16.4. The number of Topliss-reactive ketones (excluding diaryl/α,β-unsaturated/α-hetero) is 2. The Balaban J connectivity index is 4.22. The van der Waals surface area contributed by atoms with Crippen LogP contribution in [0, 0.1) is 5.92 Å². The van der Waals surface area contributed by atoms with E-state index in [1.165, 1.54) is 12.5 Å². The van der Waals surface area contributed by atoms with Crippen LogP contribution in [0.3, 0.4) is 0 Å². The number of hydrogen-bond acceptors (Lipinski definition) is 3. The molecule has 3 nitrogen and oxygen atoms in total. The summed E-state index contributed by atoms with van der Waals surface area (Å²) in [6.45, 7) is 9.40. The van der Waals surface area contributed by atoms with Gasteiger partial charge in [-0.05, 0) is 45.6 Å². The van der Waals surface area contributed by atoms with Crippen LogP contribution in [0.2, 0.25) is 0 Å². The lowest BCUT2D eigenvalue weighted by atomic mass is 9.94. The Morgan fingerprint density at radius 3 is 2.36 bits per heavy atom. The van der Waals surface area contributed by atoms with Crippen LogP contribution in [0.4, 0.5) is 0 Å². The van der Waals surface area contributed by atoms with Gasteiger partial charge in [0.25, 0.3) is 0 Å². The Morgan fingerprint density at radius 1 is 1.08 bits per heavy atom. The van der Waals surface area contributed by atoms with E-state index in [0.29, 0.717) is 12.0 Å². The molecule has 0 saturated carbocycles. The number of aliphatic hydroxyl groups excluding tert-OH is 1. The fraction of sp³-hybridized carbons (Fsp3) is 0.545. The van der Waals surface area contributed by atoms with Gasteiger partial charge < -0.3 is 5.11 Å². The highest BCUT2D eigenvalue weighted by atomic mass is 16.3. The Labute approximate surface area is 153 Å². The van der Waals surface area contributed by atoms with Crippen molar-refractivity contribution in [3.63, 3.8) is 0 Å². The second kappa shape index (κ2) is 13.5. The Morgan fingerprint density at radius 2 is 1.76 bits per heavy atom. The molecule has 0 fully saturated rings. The van der Waals surface area contributed by atoms with Gasteiger partial charge in [0.1, 0.15) is 11.6 Å². The van der Waals surface area contributed by atoms with Gasteiger partial charge in [0.2, 0.25) is 0 Å². The van der Waals surface area contributed by atoms with Crippen molar-refractivity contribution in [1.82, 2.24) is 0 Å². The molecule has 140 valence electrons. The molecule has 0 rings (SSSR count). The summed E-state index contributed by atoms with van der Waals surface area (Å²) < 4.78 is 0. The van der Waals surface area contributed by atoms with E-state index in [-0.39, 0.29) is 23.9 Å². The zero-order valence-corrected chi connectivity index (χ0v) is 16.4. The fourth-order valence-corrected chi connectivity index (χ4v) is 2.08. The summed E-state index contributed by atoms with van der Waals surface area (Å²) in [5.41, 5.74) is 2.03. The second-order valence-corrected chi connectivity index (χ2v) is 6.70. The van der Waals surface area contributed by atoms with E-state index in [1.807, 2.05) is 25.2 Å². The molecule has 0 radical (unpaired) electrons. The summed E-state index contributed by atoms with van der Waals surface area (Å²) in [6.07, 6.45) is 14.2. The van der Waals surface area contributed by atoms with Gasteiger partial charge in [-0.2, -0.15) is 0 Å². The molecule has 3 heteroatoms. The van der Waals surface area contributed by atoms with Gasteiger partial charge in [-0.1, -0.05) is 55.9 Å². The second-order valence-electron chi connectivity index (χ2n) is 6.70. The number of aliphatic hydroxyl groups is 1. The Hall–Kier alpha value is -1.74. The van der Waals surface area contributed by atoms with Crippen LogP contribution in [-0.2, 0) is 9.59 Å². The normalized spacial score (nSPS) is 15.8. The lowest BCUT2D eigenvalue weighted by Gasteiger charge is -2.14. The first kappa shape index (κ1) is 23.3. The first-order valence-corrected chi connectivity index (χ1v) is 9.13. The van der Waals surface area contributed by atoms with Gasteiger partial charge in [-0.15, -0.1) is 0 Å². The van der Waals surface area contributed by atoms with Gasteiger partial charge in [0.15, 0.2) is 0 Å². The molecule has 0 aliphatic heterocycles. The minimum Gasteiger partial charge on any atom is -0.388 e. The third-order valence-corrected chi connectivity index (χ3v) is 4.24. The molecular weight excluding hydrogens is 312 g/mol. The SMILES string of the molecule is CC/C(C)=C/C=C/C=C/CCC(C)C(=O)CC(O)/C(C)=C/CC(C)=O. The summed E-state index contributed by atoms with van der Waals surface area (Å²) in [6, 6.07) is 0. The summed E-state index contributed by atoms with van der Waals surface area (Å²) >= 11 is 0. The van der Waals surface area contributed by atoms with Crippen LogP contribution < -0.4 is 0 Å². The van der Waals surface area contributed by atoms with E-state index in [2.05, 4.69) is 26.0 Å². The molecule has 0 amide bonds. The van der Waals surface area contributed by atoms with Crippen LogP contribution in [0.1, 0.15) is 66.7 Å². The zero-order chi connectivity index (χ0) is 19.2. The molecule has 0 aromatic heterocycles. The van der Waals surface area contributed by atoms with Gasteiger partial charge in [0, 0.05) is 18.8 Å². The third-order valence-electron chi connectivity index (χ3n) is 4.24. The molecule has 0 heterocycles. The Bertz CT molecular complexity index is 535. The average molecular weight is 347 g/mol. The quantitative estimate of drug-likeness (QED) is 0.394. The van der Waals surface area contributed by atoms with Gasteiger partial charge >= 0.3 is 0 Å². The van der Waals surface area contributed by atoms with E-state index >= 15 is 0 Å². The van der Waals surface area contributed by atoms with Crippen molar-refractivity contribution in [3.05, 3.63) is 47.6 Å². The summed E-state index contributed by atoms with van der Waals surface area (Å²) in [4.78, 5) is 23.1. The molecule has 0 spiro atoms. The topological polar surface area (TPSA) is 54.4 Å². The number of ketones is 2. The number of rotatable bonds is 12. The first-order valence-electron chi connectivity index (χ1n) is 9.13. The predicted octanol–water partition coefficient (Wildman–Crippen LogP) is 5.12. The summed E-state index contributed by atoms with van der Waals surface area (Å²) in [5.74, 6) is 0.0343. The van der Waals surface area contributed by atoms with E-state index in [9.17, 15) is 14.7 Å². The van der Waals surface area contributed by atoms with Gasteiger partial charge in [-0.3, -0.25) is 9.59 Å². The van der Waals surface area contributed by atoms with Crippen molar-refractivity contribution in [1.29, 1.82) is 0 Å². The van der Waals surface area contributed by atoms with Crippen molar-refractivity contribution in [2.75, 3.05) is 0 Å². The molecule has 0 aromatic carbocycles. The molecule has 25 heavy (non-hydrogen) atoms. The highest BCUT2D eigenvalue weighted by Gasteiger charge is 2.17. The highest BCUT2D eigenvalue weighted by Crippen LogP contribution is 2.15. The molecule has 0 aliphatic carbocycles. The van der Waals surface area contributed by atoms with Crippen molar-refractivity contribution < 1.29 is 14.7 Å². The number of carbonyl (C=O) groups excluding carboxylic acids is 2. The minimum absolute atomic E-state index is 0.0485. The number of carbonyl (C=O) groups is 2. The monoisotopic (exact) mass is 346 g/mol. The van der Waals surface area contributed by atoms with Crippen molar-refractivity contribution in [2.45, 2.75) is 72.8 Å². The van der Waals surface area contributed by atoms with Crippen LogP contribution in [0.5, 0.6) is 0 Å². The summed E-state index contributed by atoms with van der Waals surface area (Å²) in [5, 5.41) is 10.1. The average Bonchev–Trinajstić information content (AvgIpc) is 2.57. The van der Waals surface area contributed by atoms with E-state index in [1.54, 1.807) is 13.0 Å². The highest BCUT2D eigenvalue weighted by molar-refractivity contribution is 5.81. The van der Waals surface area contributed by atoms with Crippen molar-refractivity contribution >= 4 is 11.6 Å². The summed E-state index contributed by atoms with van der Waals surface area (Å²) in [7, 11) is 0.